The fraction of sp³-hybridized carbons (Fsp3) is 0.571. The van der Waals surface area contributed by atoms with E-state index >= 15 is 0 Å². The zero-order chi connectivity index (χ0) is 16.2. The smallest absolute Gasteiger partial charge is 0.168 e. The van der Waals surface area contributed by atoms with Crippen molar-refractivity contribution in [2.45, 2.75) is 0 Å². The van der Waals surface area contributed by atoms with Gasteiger partial charge in [-0.15, -0.1) is 0 Å². The minimum absolute atomic E-state index is 0.0333. The van der Waals surface area contributed by atoms with Crippen molar-refractivity contribution in [2.75, 3.05) is 52.9 Å². The van der Waals surface area contributed by atoms with Gasteiger partial charge in [-0.05, 0) is 0 Å². The summed E-state index contributed by atoms with van der Waals surface area (Å²) in [5.41, 5.74) is 0. The number of aliphatic hydroxyl groups excluding tert-OH is 2. The van der Waals surface area contributed by atoms with Crippen LogP contribution in [0.1, 0.15) is 0 Å². The number of benzene rings is 1. The molecule has 0 aliphatic carbocycles. The number of halogens is 2. The lowest BCUT2D eigenvalue weighted by Crippen LogP contribution is -2.11. The Labute approximate surface area is 127 Å². The second-order valence-corrected chi connectivity index (χ2v) is 4.08. The summed E-state index contributed by atoms with van der Waals surface area (Å²) in [6, 6.07) is 1.79. The Morgan fingerprint density at radius 1 is 0.682 bits per heavy atom. The van der Waals surface area contributed by atoms with Crippen molar-refractivity contribution < 1.29 is 37.9 Å². The molecule has 0 aliphatic rings. The highest BCUT2D eigenvalue weighted by Gasteiger charge is 2.12. The predicted octanol–water partition coefficient (Wildman–Crippen LogP) is 0.740. The fourth-order valence-corrected chi connectivity index (χ4v) is 1.49. The van der Waals surface area contributed by atoms with Gasteiger partial charge in [-0.2, -0.15) is 0 Å². The molecular weight excluding hydrogens is 302 g/mol. The zero-order valence-electron chi connectivity index (χ0n) is 12.1. The van der Waals surface area contributed by atoms with Crippen molar-refractivity contribution >= 4 is 0 Å². The Bertz CT molecular complexity index is 390. The van der Waals surface area contributed by atoms with Crippen LogP contribution in [0.25, 0.3) is 0 Å². The first-order chi connectivity index (χ1) is 10.7. The molecule has 6 nitrogen and oxygen atoms in total. The van der Waals surface area contributed by atoms with Gasteiger partial charge in [0.2, 0.25) is 0 Å². The Hall–Kier alpha value is -1.48. The van der Waals surface area contributed by atoms with E-state index in [1.807, 2.05) is 0 Å². The topological polar surface area (TPSA) is 77.4 Å². The molecule has 0 aliphatic heterocycles. The number of ether oxygens (including phenoxy) is 4. The van der Waals surface area contributed by atoms with E-state index in [0.29, 0.717) is 0 Å². The van der Waals surface area contributed by atoms with Gasteiger partial charge in [0.15, 0.2) is 23.1 Å². The average molecular weight is 322 g/mol. The normalized spacial score (nSPS) is 10.7. The summed E-state index contributed by atoms with van der Waals surface area (Å²) < 4.78 is 47.4. The number of hydrogen-bond acceptors (Lipinski definition) is 6. The molecule has 0 amide bonds. The minimum Gasteiger partial charge on any atom is -0.488 e. The summed E-state index contributed by atoms with van der Waals surface area (Å²) in [4.78, 5) is 0. The van der Waals surface area contributed by atoms with Gasteiger partial charge in [0.25, 0.3) is 0 Å². The summed E-state index contributed by atoms with van der Waals surface area (Å²) in [6.45, 7) is 0.464. The van der Waals surface area contributed by atoms with Crippen LogP contribution in [0.4, 0.5) is 8.78 Å². The van der Waals surface area contributed by atoms with E-state index in [2.05, 4.69) is 0 Å². The lowest BCUT2D eigenvalue weighted by atomic mass is 10.3. The van der Waals surface area contributed by atoms with Gasteiger partial charge in [0, 0.05) is 12.1 Å². The molecule has 0 heterocycles. The molecule has 0 bridgehead atoms. The van der Waals surface area contributed by atoms with Gasteiger partial charge in [0.1, 0.15) is 13.2 Å². The van der Waals surface area contributed by atoms with Crippen LogP contribution < -0.4 is 9.47 Å². The van der Waals surface area contributed by atoms with E-state index in [1.54, 1.807) is 0 Å². The van der Waals surface area contributed by atoms with Crippen LogP contribution in [0, 0.1) is 11.6 Å². The van der Waals surface area contributed by atoms with Crippen LogP contribution in [0.2, 0.25) is 0 Å². The quantitative estimate of drug-likeness (QED) is 0.553. The Kier molecular flexibility index (Phi) is 9.40. The van der Waals surface area contributed by atoms with Gasteiger partial charge in [-0.3, -0.25) is 0 Å². The maximum absolute atomic E-state index is 13.7. The third kappa shape index (κ3) is 6.99. The summed E-state index contributed by atoms with van der Waals surface area (Å²) in [6.07, 6.45) is 0. The molecule has 0 saturated heterocycles. The van der Waals surface area contributed by atoms with Crippen LogP contribution in [-0.4, -0.2) is 63.1 Å². The standard InChI is InChI=1S/C14H20F2O6/c15-11-10-14(22-8-6-20-4-2-18)12(16)9-13(11)21-7-5-19-3-1-17/h9-10,17-18H,1-8H2. The van der Waals surface area contributed by atoms with E-state index in [9.17, 15) is 8.78 Å². The van der Waals surface area contributed by atoms with Crippen LogP contribution in [0.3, 0.4) is 0 Å². The molecule has 8 heteroatoms. The molecule has 2 N–H and O–H groups in total. The first-order valence-corrected chi connectivity index (χ1v) is 6.81. The molecule has 22 heavy (non-hydrogen) atoms. The fourth-order valence-electron chi connectivity index (χ4n) is 1.49. The highest BCUT2D eigenvalue weighted by molar-refractivity contribution is 5.34. The van der Waals surface area contributed by atoms with Crippen LogP contribution in [0.15, 0.2) is 12.1 Å². The molecule has 126 valence electrons. The van der Waals surface area contributed by atoms with Crippen molar-refractivity contribution in [1.29, 1.82) is 0 Å². The maximum atomic E-state index is 13.7. The summed E-state index contributed by atoms with van der Waals surface area (Å²) in [5.74, 6) is -1.99. The molecular formula is C14H20F2O6. The van der Waals surface area contributed by atoms with E-state index in [-0.39, 0.29) is 64.4 Å². The SMILES string of the molecule is OCCOCCOc1cc(F)c(OCCOCCO)cc1F. The molecule has 0 atom stereocenters. The predicted molar refractivity (Wildman–Crippen MR) is 73.2 cm³/mol. The maximum Gasteiger partial charge on any atom is 0.168 e. The summed E-state index contributed by atoms with van der Waals surface area (Å²) >= 11 is 0. The van der Waals surface area contributed by atoms with Crippen LogP contribution in [0.5, 0.6) is 11.5 Å². The van der Waals surface area contributed by atoms with Crippen molar-refractivity contribution in [1.82, 2.24) is 0 Å². The van der Waals surface area contributed by atoms with E-state index in [0.717, 1.165) is 12.1 Å². The average Bonchev–Trinajstić information content (AvgIpc) is 2.51. The monoisotopic (exact) mass is 322 g/mol. The third-order valence-corrected chi connectivity index (χ3v) is 2.43. The largest absolute Gasteiger partial charge is 0.488 e. The lowest BCUT2D eigenvalue weighted by Gasteiger charge is -2.11. The van der Waals surface area contributed by atoms with E-state index < -0.39 is 11.6 Å². The van der Waals surface area contributed by atoms with Crippen molar-refractivity contribution in [3.63, 3.8) is 0 Å². The second kappa shape index (κ2) is 11.1. The van der Waals surface area contributed by atoms with E-state index in [4.69, 9.17) is 29.2 Å². The number of rotatable bonds is 12. The van der Waals surface area contributed by atoms with Gasteiger partial charge < -0.3 is 29.2 Å². The highest BCUT2D eigenvalue weighted by atomic mass is 19.1. The first-order valence-electron chi connectivity index (χ1n) is 6.81. The van der Waals surface area contributed by atoms with Crippen LogP contribution in [-0.2, 0) is 9.47 Å². The Morgan fingerprint density at radius 3 is 1.45 bits per heavy atom. The van der Waals surface area contributed by atoms with E-state index in [1.165, 1.54) is 0 Å². The first kappa shape index (κ1) is 18.6. The molecule has 1 aromatic rings. The minimum atomic E-state index is -0.755. The van der Waals surface area contributed by atoms with Gasteiger partial charge in [0.05, 0.1) is 39.6 Å². The molecule has 1 rings (SSSR count). The van der Waals surface area contributed by atoms with Gasteiger partial charge >= 0.3 is 0 Å². The molecule has 1 aromatic carbocycles. The molecule has 0 fully saturated rings. The molecule has 0 saturated carbocycles. The number of aliphatic hydroxyl groups is 2. The van der Waals surface area contributed by atoms with Crippen LogP contribution >= 0.6 is 0 Å². The molecule has 0 radical (unpaired) electrons. The molecule has 0 unspecified atom stereocenters. The highest BCUT2D eigenvalue weighted by Crippen LogP contribution is 2.26. The Balaban J connectivity index is 2.42. The van der Waals surface area contributed by atoms with Gasteiger partial charge in [-0.1, -0.05) is 0 Å². The summed E-state index contributed by atoms with van der Waals surface area (Å²) in [5, 5.41) is 17.0. The Morgan fingerprint density at radius 2 is 1.09 bits per heavy atom. The van der Waals surface area contributed by atoms with Gasteiger partial charge in [-0.25, -0.2) is 8.78 Å². The van der Waals surface area contributed by atoms with Crippen molar-refractivity contribution in [3.05, 3.63) is 23.8 Å². The van der Waals surface area contributed by atoms with Crippen molar-refractivity contribution in [2.24, 2.45) is 0 Å². The molecule has 0 aromatic heterocycles. The van der Waals surface area contributed by atoms with Crippen molar-refractivity contribution in [3.8, 4) is 11.5 Å². The lowest BCUT2D eigenvalue weighted by molar-refractivity contribution is 0.0682. The second-order valence-electron chi connectivity index (χ2n) is 4.08. The zero-order valence-corrected chi connectivity index (χ0v) is 12.1. The molecule has 0 spiro atoms. The number of hydrogen-bond donors (Lipinski definition) is 2. The summed E-state index contributed by atoms with van der Waals surface area (Å²) in [7, 11) is 0. The third-order valence-electron chi connectivity index (χ3n) is 2.43.